The van der Waals surface area contributed by atoms with Gasteiger partial charge in [0.05, 0.1) is 17.6 Å². The molecule has 2 aromatic carbocycles. The topological polar surface area (TPSA) is 84.6 Å². The van der Waals surface area contributed by atoms with Crippen molar-refractivity contribution >= 4 is 49.7 Å². The summed E-state index contributed by atoms with van der Waals surface area (Å²) in [6.45, 7) is 0. The van der Waals surface area contributed by atoms with E-state index in [1.54, 1.807) is 6.07 Å². The highest BCUT2D eigenvalue weighted by Crippen LogP contribution is 2.21. The minimum Gasteiger partial charge on any atom is -0.273 e. The van der Waals surface area contributed by atoms with Gasteiger partial charge in [-0.3, -0.25) is 14.9 Å². The number of hydrogen-bond donors (Lipinski definition) is 1. The summed E-state index contributed by atoms with van der Waals surface area (Å²) in [6.07, 6.45) is 1.64. The van der Waals surface area contributed by atoms with E-state index in [4.69, 9.17) is 0 Å². The van der Waals surface area contributed by atoms with E-state index in [9.17, 15) is 14.9 Å². The molecule has 23 heavy (non-hydrogen) atoms. The molecule has 0 spiro atoms. The number of halogens is 2. The summed E-state index contributed by atoms with van der Waals surface area (Å²) in [4.78, 5) is 22.0. The van der Waals surface area contributed by atoms with Crippen molar-refractivity contribution in [1.29, 1.82) is 0 Å². The predicted molar refractivity (Wildman–Crippen MR) is 94.4 cm³/mol. The summed E-state index contributed by atoms with van der Waals surface area (Å²) in [5.74, 6) is -0.249. The van der Waals surface area contributed by atoms with Gasteiger partial charge in [-0.05, 0) is 39.7 Å². The third-order valence-corrected chi connectivity index (χ3v) is 4.08. The molecule has 0 aliphatic rings. The number of nitro groups is 1. The average Bonchev–Trinajstić information content (AvgIpc) is 2.51. The molecule has 0 aliphatic heterocycles. The molecule has 0 aromatic heterocycles. The van der Waals surface area contributed by atoms with Crippen LogP contribution in [-0.4, -0.2) is 17.0 Å². The molecule has 1 N–H and O–H groups in total. The summed E-state index contributed by atoms with van der Waals surface area (Å²) in [5.41, 5.74) is 3.90. The van der Waals surface area contributed by atoms with Crippen LogP contribution in [0.25, 0.3) is 0 Å². The second kappa shape index (κ2) is 7.98. The van der Waals surface area contributed by atoms with E-state index in [0.29, 0.717) is 10.0 Å². The first-order valence-corrected chi connectivity index (χ1v) is 8.04. The number of hydrazone groups is 1. The van der Waals surface area contributed by atoms with Gasteiger partial charge in [-0.15, -0.1) is 0 Å². The molecule has 0 saturated heterocycles. The molecule has 2 rings (SSSR count). The Bertz CT molecular complexity index is 761. The zero-order valence-corrected chi connectivity index (χ0v) is 14.9. The fourth-order valence-corrected chi connectivity index (χ4v) is 2.47. The van der Waals surface area contributed by atoms with Crippen molar-refractivity contribution in [2.75, 3.05) is 0 Å². The minimum atomic E-state index is -0.480. The van der Waals surface area contributed by atoms with Gasteiger partial charge in [0.2, 0.25) is 5.91 Å². The molecule has 0 saturated carbocycles. The maximum atomic E-state index is 11.8. The van der Waals surface area contributed by atoms with Crippen LogP contribution in [0.15, 0.2) is 56.5 Å². The summed E-state index contributed by atoms with van der Waals surface area (Å²) < 4.78 is 1.47. The Morgan fingerprint density at radius 1 is 1.22 bits per heavy atom. The first-order valence-electron chi connectivity index (χ1n) is 6.46. The van der Waals surface area contributed by atoms with E-state index in [0.717, 1.165) is 10.0 Å². The number of amides is 1. The summed E-state index contributed by atoms with van der Waals surface area (Å²) in [6, 6.07) is 11.7. The third-order valence-electron chi connectivity index (χ3n) is 2.87. The third kappa shape index (κ3) is 5.26. The van der Waals surface area contributed by atoms with Gasteiger partial charge < -0.3 is 0 Å². The molecule has 8 heteroatoms. The van der Waals surface area contributed by atoms with Crippen LogP contribution in [0, 0.1) is 10.1 Å². The molecule has 118 valence electrons. The second-order valence-electron chi connectivity index (χ2n) is 4.56. The van der Waals surface area contributed by atoms with Crippen LogP contribution >= 0.6 is 31.9 Å². The van der Waals surface area contributed by atoms with Crippen LogP contribution in [0.5, 0.6) is 0 Å². The van der Waals surface area contributed by atoms with E-state index in [2.05, 4.69) is 42.4 Å². The fourth-order valence-electron chi connectivity index (χ4n) is 1.74. The molecule has 0 heterocycles. The summed E-state index contributed by atoms with van der Waals surface area (Å²) >= 11 is 6.56. The van der Waals surface area contributed by atoms with Crippen LogP contribution in [0.2, 0.25) is 0 Å². The molecule has 0 unspecified atom stereocenters. The van der Waals surface area contributed by atoms with Crippen LogP contribution in [-0.2, 0) is 11.2 Å². The number of hydrogen-bond acceptors (Lipinski definition) is 4. The van der Waals surface area contributed by atoms with Gasteiger partial charge in [-0.1, -0.05) is 28.1 Å². The normalized spacial score (nSPS) is 10.7. The van der Waals surface area contributed by atoms with Gasteiger partial charge >= 0.3 is 0 Å². The molecule has 2 aromatic rings. The lowest BCUT2D eigenvalue weighted by molar-refractivity contribution is -0.384. The minimum absolute atomic E-state index is 0.0201. The highest BCUT2D eigenvalue weighted by Gasteiger charge is 2.08. The number of nitro benzene ring substituents is 1. The molecule has 0 bridgehead atoms. The molecular weight excluding hydrogens is 430 g/mol. The largest absolute Gasteiger partial charge is 0.273 e. The zero-order chi connectivity index (χ0) is 16.8. The Labute approximate surface area is 149 Å². The highest BCUT2D eigenvalue weighted by molar-refractivity contribution is 9.10. The zero-order valence-electron chi connectivity index (χ0n) is 11.7. The van der Waals surface area contributed by atoms with E-state index < -0.39 is 4.92 Å². The molecule has 6 nitrogen and oxygen atoms in total. The average molecular weight is 441 g/mol. The molecule has 0 fully saturated rings. The van der Waals surface area contributed by atoms with Gasteiger partial charge in [0.25, 0.3) is 5.69 Å². The van der Waals surface area contributed by atoms with Gasteiger partial charge in [0.15, 0.2) is 0 Å². The van der Waals surface area contributed by atoms with Gasteiger partial charge in [-0.25, -0.2) is 5.43 Å². The van der Waals surface area contributed by atoms with Crippen LogP contribution in [0.4, 0.5) is 5.69 Å². The molecule has 0 atom stereocenters. The lowest BCUT2D eigenvalue weighted by Gasteiger charge is -2.01. The number of carbonyl (C=O) groups excluding carboxylic acids is 1. The molecular formula is C15H11Br2N3O3. The van der Waals surface area contributed by atoms with Crippen molar-refractivity contribution < 1.29 is 9.72 Å². The first kappa shape index (κ1) is 17.3. The van der Waals surface area contributed by atoms with Crippen molar-refractivity contribution in [3.63, 3.8) is 0 Å². The lowest BCUT2D eigenvalue weighted by atomic mass is 10.1. The molecule has 0 aliphatic carbocycles. The van der Waals surface area contributed by atoms with Crippen molar-refractivity contribution in [3.05, 3.63) is 72.7 Å². The van der Waals surface area contributed by atoms with Crippen LogP contribution in [0.1, 0.15) is 11.1 Å². The fraction of sp³-hybridized carbons (Fsp3) is 0.0667. The highest BCUT2D eigenvalue weighted by atomic mass is 79.9. The number of non-ortho nitro benzene ring substituents is 1. The van der Waals surface area contributed by atoms with Gasteiger partial charge in [-0.2, -0.15) is 5.10 Å². The first-order chi connectivity index (χ1) is 11.0. The van der Waals surface area contributed by atoms with E-state index >= 15 is 0 Å². The smallest absolute Gasteiger partial charge is 0.270 e. The summed E-state index contributed by atoms with van der Waals surface area (Å²) in [5, 5.41) is 14.5. The monoisotopic (exact) mass is 439 g/mol. The van der Waals surface area contributed by atoms with E-state index in [1.807, 2.05) is 24.3 Å². The van der Waals surface area contributed by atoms with Gasteiger partial charge in [0, 0.05) is 26.6 Å². The Morgan fingerprint density at radius 2 is 1.91 bits per heavy atom. The number of nitrogens with one attached hydrogen (secondary N) is 1. The lowest BCUT2D eigenvalue weighted by Crippen LogP contribution is -2.19. The standard InChI is InChI=1S/C15H11Br2N3O3/c16-12-4-1-10(2-5-12)7-15(21)19-18-9-11-3-6-13(20(22)23)8-14(11)17/h1-6,8-9H,7H2,(H,19,21)/b18-9+. The Morgan fingerprint density at radius 3 is 2.52 bits per heavy atom. The quantitative estimate of drug-likeness (QED) is 0.435. The van der Waals surface area contributed by atoms with Crippen LogP contribution in [0.3, 0.4) is 0 Å². The SMILES string of the molecule is O=C(Cc1ccc(Br)cc1)N/N=C/c1ccc([N+](=O)[O-])cc1Br. The molecule has 0 radical (unpaired) electrons. The number of rotatable bonds is 5. The van der Waals surface area contributed by atoms with Crippen molar-refractivity contribution in [3.8, 4) is 0 Å². The Balaban J connectivity index is 1.94. The second-order valence-corrected chi connectivity index (χ2v) is 6.33. The van der Waals surface area contributed by atoms with Crippen molar-refractivity contribution in [1.82, 2.24) is 5.43 Å². The van der Waals surface area contributed by atoms with Crippen molar-refractivity contribution in [2.24, 2.45) is 5.10 Å². The number of benzene rings is 2. The maximum Gasteiger partial charge on any atom is 0.270 e. The van der Waals surface area contributed by atoms with Crippen molar-refractivity contribution in [2.45, 2.75) is 6.42 Å². The Hall–Kier alpha value is -2.06. The number of nitrogens with zero attached hydrogens (tertiary/aromatic N) is 2. The summed E-state index contributed by atoms with van der Waals surface area (Å²) in [7, 11) is 0. The number of carbonyl (C=O) groups is 1. The van der Waals surface area contributed by atoms with E-state index in [1.165, 1.54) is 18.3 Å². The maximum absolute atomic E-state index is 11.8. The van der Waals surface area contributed by atoms with E-state index in [-0.39, 0.29) is 18.0 Å². The van der Waals surface area contributed by atoms with Gasteiger partial charge in [0.1, 0.15) is 0 Å². The molecule has 1 amide bonds. The predicted octanol–water partition coefficient (Wildman–Crippen LogP) is 3.81. The van der Waals surface area contributed by atoms with Crippen LogP contribution < -0.4 is 5.43 Å². The Kier molecular flexibility index (Phi) is 6.00.